The molecule has 0 N–H and O–H groups in total. The van der Waals surface area contributed by atoms with Gasteiger partial charge in [-0.3, -0.25) is 9.78 Å². The third kappa shape index (κ3) is 2.62. The van der Waals surface area contributed by atoms with E-state index in [-0.39, 0.29) is 11.8 Å². The Morgan fingerprint density at radius 3 is 2.71 bits per heavy atom. The summed E-state index contributed by atoms with van der Waals surface area (Å²) >= 11 is 0. The lowest BCUT2D eigenvalue weighted by Gasteiger charge is -2.29. The zero-order valence-electron chi connectivity index (χ0n) is 9.89. The van der Waals surface area contributed by atoms with E-state index in [1.54, 1.807) is 17.2 Å². The van der Waals surface area contributed by atoms with Gasteiger partial charge in [-0.2, -0.15) is 5.26 Å². The van der Waals surface area contributed by atoms with Gasteiger partial charge in [0.1, 0.15) is 0 Å². The minimum atomic E-state index is 0.0221. The number of amides is 1. The molecule has 0 unspecified atom stereocenters. The quantitative estimate of drug-likeness (QED) is 0.737. The number of aryl methyl sites for hydroxylation is 1. The number of aromatic nitrogens is 1. The van der Waals surface area contributed by atoms with Crippen molar-refractivity contribution >= 4 is 5.91 Å². The molecular formula is C13H15N3O. The van der Waals surface area contributed by atoms with Crippen molar-refractivity contribution in [2.24, 2.45) is 5.92 Å². The Kier molecular flexibility index (Phi) is 3.38. The van der Waals surface area contributed by atoms with Crippen LogP contribution in [-0.4, -0.2) is 28.9 Å². The van der Waals surface area contributed by atoms with Gasteiger partial charge in [-0.25, -0.2) is 0 Å². The second-order valence-electron chi connectivity index (χ2n) is 4.38. The predicted octanol–water partition coefficient (Wildman–Crippen LogP) is 1.77. The second kappa shape index (κ2) is 4.96. The third-order valence-corrected chi connectivity index (χ3v) is 3.12. The Labute approximate surface area is 101 Å². The van der Waals surface area contributed by atoms with Crippen LogP contribution in [-0.2, 0) is 0 Å². The van der Waals surface area contributed by atoms with E-state index in [1.165, 1.54) is 0 Å². The maximum Gasteiger partial charge on any atom is 0.255 e. The van der Waals surface area contributed by atoms with E-state index in [2.05, 4.69) is 11.1 Å². The average Bonchev–Trinajstić information content (AvgIpc) is 2.39. The lowest BCUT2D eigenvalue weighted by Crippen LogP contribution is -2.38. The van der Waals surface area contributed by atoms with Gasteiger partial charge >= 0.3 is 0 Å². The number of piperidine rings is 1. The van der Waals surface area contributed by atoms with E-state index in [4.69, 9.17) is 5.26 Å². The molecule has 1 aliphatic heterocycles. The van der Waals surface area contributed by atoms with Gasteiger partial charge in [-0.1, -0.05) is 0 Å². The van der Waals surface area contributed by atoms with Gasteiger partial charge in [0.25, 0.3) is 5.91 Å². The summed E-state index contributed by atoms with van der Waals surface area (Å²) in [5.41, 5.74) is 1.54. The molecule has 0 atom stereocenters. The first-order valence-electron chi connectivity index (χ1n) is 5.82. The molecule has 0 spiro atoms. The summed E-state index contributed by atoms with van der Waals surface area (Å²) in [5, 5.41) is 8.80. The molecule has 1 aromatic rings. The molecule has 17 heavy (non-hydrogen) atoms. The van der Waals surface area contributed by atoms with Crippen LogP contribution in [0.1, 0.15) is 28.9 Å². The average molecular weight is 229 g/mol. The third-order valence-electron chi connectivity index (χ3n) is 3.12. The molecule has 0 aromatic carbocycles. The Morgan fingerprint density at radius 1 is 1.47 bits per heavy atom. The van der Waals surface area contributed by atoms with Crippen molar-refractivity contribution in [1.29, 1.82) is 5.26 Å². The number of carbonyl (C=O) groups is 1. The summed E-state index contributed by atoms with van der Waals surface area (Å²) in [6.07, 6.45) is 3.18. The van der Waals surface area contributed by atoms with Crippen LogP contribution in [0.2, 0.25) is 0 Å². The Balaban J connectivity index is 2.02. The topological polar surface area (TPSA) is 57.0 Å². The Bertz CT molecular complexity index is 439. The maximum atomic E-state index is 12.1. The molecule has 88 valence electrons. The number of rotatable bonds is 1. The van der Waals surface area contributed by atoms with Crippen molar-refractivity contribution in [3.63, 3.8) is 0 Å². The van der Waals surface area contributed by atoms with Crippen LogP contribution in [0.25, 0.3) is 0 Å². The van der Waals surface area contributed by atoms with Gasteiger partial charge < -0.3 is 4.90 Å². The van der Waals surface area contributed by atoms with Gasteiger partial charge in [0.05, 0.1) is 11.6 Å². The predicted molar refractivity (Wildman–Crippen MR) is 63.2 cm³/mol. The van der Waals surface area contributed by atoms with Gasteiger partial charge in [0, 0.05) is 30.9 Å². The molecule has 1 aliphatic rings. The highest BCUT2D eigenvalue weighted by molar-refractivity contribution is 5.93. The normalized spacial score (nSPS) is 16.6. The fraction of sp³-hybridized carbons (Fsp3) is 0.462. The summed E-state index contributed by atoms with van der Waals surface area (Å²) in [6.45, 7) is 3.24. The van der Waals surface area contributed by atoms with Crippen LogP contribution in [0.5, 0.6) is 0 Å². The van der Waals surface area contributed by atoms with Gasteiger partial charge in [0.15, 0.2) is 0 Å². The first-order valence-corrected chi connectivity index (χ1v) is 5.82. The highest BCUT2D eigenvalue weighted by atomic mass is 16.2. The molecule has 2 heterocycles. The Morgan fingerprint density at radius 2 is 2.18 bits per heavy atom. The SMILES string of the molecule is Cc1ccc(C(=O)N2CCC(C#N)CC2)cn1. The Hall–Kier alpha value is -1.89. The first kappa shape index (κ1) is 11.6. The molecule has 0 bridgehead atoms. The van der Waals surface area contributed by atoms with Crippen LogP contribution in [0.3, 0.4) is 0 Å². The van der Waals surface area contributed by atoms with Crippen molar-refractivity contribution in [3.05, 3.63) is 29.6 Å². The van der Waals surface area contributed by atoms with Crippen molar-refractivity contribution in [2.45, 2.75) is 19.8 Å². The standard InChI is InChI=1S/C13H15N3O/c1-10-2-3-12(9-15-10)13(17)16-6-4-11(8-14)5-7-16/h2-3,9,11H,4-7H2,1H3. The summed E-state index contributed by atoms with van der Waals surface area (Å²) < 4.78 is 0. The molecule has 1 fully saturated rings. The van der Waals surface area contributed by atoms with Crippen molar-refractivity contribution in [1.82, 2.24) is 9.88 Å². The fourth-order valence-corrected chi connectivity index (χ4v) is 1.99. The monoisotopic (exact) mass is 229 g/mol. The van der Waals surface area contributed by atoms with E-state index in [9.17, 15) is 4.79 Å². The van der Waals surface area contributed by atoms with Gasteiger partial charge in [0.2, 0.25) is 0 Å². The summed E-state index contributed by atoms with van der Waals surface area (Å²) in [6, 6.07) is 5.91. The molecule has 1 saturated heterocycles. The van der Waals surface area contributed by atoms with Crippen LogP contribution in [0.15, 0.2) is 18.3 Å². The van der Waals surface area contributed by atoms with E-state index < -0.39 is 0 Å². The summed E-state index contributed by atoms with van der Waals surface area (Å²) in [7, 11) is 0. The molecular weight excluding hydrogens is 214 g/mol. The maximum absolute atomic E-state index is 12.1. The number of nitriles is 1. The van der Waals surface area contributed by atoms with Crippen LogP contribution in [0, 0.1) is 24.2 Å². The molecule has 0 radical (unpaired) electrons. The van der Waals surface area contributed by atoms with Gasteiger partial charge in [-0.15, -0.1) is 0 Å². The number of nitrogens with zero attached hydrogens (tertiary/aromatic N) is 3. The minimum absolute atomic E-state index is 0.0221. The fourth-order valence-electron chi connectivity index (χ4n) is 1.99. The van der Waals surface area contributed by atoms with Crippen molar-refractivity contribution in [2.75, 3.05) is 13.1 Å². The van der Waals surface area contributed by atoms with Gasteiger partial charge in [-0.05, 0) is 31.9 Å². The number of likely N-dealkylation sites (tertiary alicyclic amines) is 1. The smallest absolute Gasteiger partial charge is 0.255 e. The molecule has 0 saturated carbocycles. The lowest BCUT2D eigenvalue weighted by molar-refractivity contribution is 0.0707. The number of pyridine rings is 1. The molecule has 0 aliphatic carbocycles. The zero-order chi connectivity index (χ0) is 12.3. The number of hydrogen-bond donors (Lipinski definition) is 0. The summed E-state index contributed by atoms with van der Waals surface area (Å²) in [5.74, 6) is 0.129. The van der Waals surface area contributed by atoms with Crippen molar-refractivity contribution in [3.8, 4) is 6.07 Å². The number of carbonyl (C=O) groups excluding carboxylic acids is 1. The minimum Gasteiger partial charge on any atom is -0.339 e. The molecule has 4 heteroatoms. The molecule has 4 nitrogen and oxygen atoms in total. The van der Waals surface area contributed by atoms with E-state index in [0.29, 0.717) is 18.7 Å². The zero-order valence-corrected chi connectivity index (χ0v) is 9.89. The largest absolute Gasteiger partial charge is 0.339 e. The van der Waals surface area contributed by atoms with Crippen LogP contribution in [0.4, 0.5) is 0 Å². The lowest BCUT2D eigenvalue weighted by atomic mass is 9.98. The number of hydrogen-bond acceptors (Lipinski definition) is 3. The van der Waals surface area contributed by atoms with Crippen LogP contribution >= 0.6 is 0 Å². The molecule has 2 rings (SSSR count). The van der Waals surface area contributed by atoms with E-state index in [1.807, 2.05) is 13.0 Å². The highest BCUT2D eigenvalue weighted by Crippen LogP contribution is 2.17. The van der Waals surface area contributed by atoms with E-state index in [0.717, 1.165) is 18.5 Å². The molecule has 1 amide bonds. The molecule has 1 aromatic heterocycles. The van der Waals surface area contributed by atoms with Crippen LogP contribution < -0.4 is 0 Å². The second-order valence-corrected chi connectivity index (χ2v) is 4.38. The highest BCUT2D eigenvalue weighted by Gasteiger charge is 2.23. The van der Waals surface area contributed by atoms with Crippen molar-refractivity contribution < 1.29 is 4.79 Å². The van der Waals surface area contributed by atoms with E-state index >= 15 is 0 Å². The summed E-state index contributed by atoms with van der Waals surface area (Å²) in [4.78, 5) is 18.0. The first-order chi connectivity index (χ1) is 8.20.